The minimum Gasteiger partial charge on any atom is -0.480 e. The number of ether oxygens (including phenoxy) is 2. The molecular weight excluding hydrogens is 315 g/mol. The van der Waals surface area contributed by atoms with Gasteiger partial charge in [0.15, 0.2) is 5.78 Å². The van der Waals surface area contributed by atoms with Crippen molar-refractivity contribution in [1.82, 2.24) is 9.97 Å². The summed E-state index contributed by atoms with van der Waals surface area (Å²) in [5.74, 6) is -0.335. The zero-order valence-corrected chi connectivity index (χ0v) is 12.7. The van der Waals surface area contributed by atoms with E-state index in [9.17, 15) is 4.79 Å². The number of halogens is 2. The highest BCUT2D eigenvalue weighted by atomic mass is 35.5. The smallest absolute Gasteiger partial charge is 0.230 e. The number of hydrogen-bond acceptors (Lipinski definition) is 5. The molecule has 1 heterocycles. The molecule has 21 heavy (non-hydrogen) atoms. The summed E-state index contributed by atoms with van der Waals surface area (Å²) in [5, 5.41) is -0.140. The van der Waals surface area contributed by atoms with Crippen LogP contribution in [0.2, 0.25) is 10.4 Å². The summed E-state index contributed by atoms with van der Waals surface area (Å²) in [6, 6.07) is 9.51. The maximum absolute atomic E-state index is 12.1. The van der Waals surface area contributed by atoms with Crippen LogP contribution in [0, 0.1) is 0 Å². The zero-order chi connectivity index (χ0) is 15.2. The third-order valence-corrected chi connectivity index (χ3v) is 3.06. The van der Waals surface area contributed by atoms with Gasteiger partial charge in [0, 0.05) is 0 Å². The molecule has 0 atom stereocenters. The Balaban J connectivity index is 2.04. The van der Waals surface area contributed by atoms with Crippen LogP contribution in [0.5, 0.6) is 5.88 Å². The average molecular weight is 327 g/mol. The third-order valence-electron chi connectivity index (χ3n) is 2.62. The van der Waals surface area contributed by atoms with E-state index in [1.165, 1.54) is 7.11 Å². The van der Waals surface area contributed by atoms with Crippen LogP contribution in [0.3, 0.4) is 0 Å². The van der Waals surface area contributed by atoms with E-state index < -0.39 is 0 Å². The molecule has 1 aromatic heterocycles. The van der Waals surface area contributed by atoms with Gasteiger partial charge in [-0.3, -0.25) is 4.79 Å². The molecule has 0 spiro atoms. The molecule has 0 N–H and O–H groups in total. The van der Waals surface area contributed by atoms with Crippen LogP contribution in [0.1, 0.15) is 15.9 Å². The first-order valence-electron chi connectivity index (χ1n) is 6.03. The van der Waals surface area contributed by atoms with Crippen LogP contribution in [0.25, 0.3) is 0 Å². The fraction of sp³-hybridized carbons (Fsp3) is 0.214. The van der Waals surface area contributed by atoms with Crippen molar-refractivity contribution in [2.45, 2.75) is 6.61 Å². The van der Waals surface area contributed by atoms with Crippen LogP contribution >= 0.6 is 23.2 Å². The van der Waals surface area contributed by atoms with E-state index in [1.54, 1.807) is 0 Å². The first kappa shape index (κ1) is 15.7. The van der Waals surface area contributed by atoms with Gasteiger partial charge < -0.3 is 9.47 Å². The standard InChI is InChI=1S/C14H12Cl2N2O3/c1-20-13-11(12(15)17-14(16)18-13)10(19)8-21-7-9-5-3-2-4-6-9/h2-6H,7-8H2,1H3. The lowest BCUT2D eigenvalue weighted by Gasteiger charge is -2.09. The van der Waals surface area contributed by atoms with Crippen LogP contribution in [-0.4, -0.2) is 29.5 Å². The minimum absolute atomic E-state index is 0.0355. The number of nitrogens with zero attached hydrogens (tertiary/aromatic N) is 2. The molecule has 0 amide bonds. The molecule has 2 aromatic rings. The lowest BCUT2D eigenvalue weighted by molar-refractivity contribution is 0.0723. The molecule has 1 aromatic carbocycles. The summed E-state index contributed by atoms with van der Waals surface area (Å²) in [6.07, 6.45) is 0. The van der Waals surface area contributed by atoms with Gasteiger partial charge in [0.2, 0.25) is 11.2 Å². The SMILES string of the molecule is COc1nc(Cl)nc(Cl)c1C(=O)COCc1ccccc1. The number of carbonyl (C=O) groups is 1. The molecular formula is C14H12Cl2N2O3. The number of hydrogen-bond donors (Lipinski definition) is 0. The Morgan fingerprint density at radius 1 is 1.19 bits per heavy atom. The van der Waals surface area contributed by atoms with E-state index in [1.807, 2.05) is 30.3 Å². The molecule has 0 saturated heterocycles. The van der Waals surface area contributed by atoms with Gasteiger partial charge in [-0.25, -0.2) is 4.98 Å². The number of carbonyl (C=O) groups excluding carboxylic acids is 1. The van der Waals surface area contributed by atoms with Crippen LogP contribution in [-0.2, 0) is 11.3 Å². The van der Waals surface area contributed by atoms with E-state index in [0.717, 1.165) is 5.56 Å². The van der Waals surface area contributed by atoms with Crippen molar-refractivity contribution in [3.8, 4) is 5.88 Å². The Hall–Kier alpha value is -1.69. The van der Waals surface area contributed by atoms with E-state index >= 15 is 0 Å². The van der Waals surface area contributed by atoms with Gasteiger partial charge in [-0.05, 0) is 17.2 Å². The van der Waals surface area contributed by atoms with Crippen LogP contribution in [0.15, 0.2) is 30.3 Å². The number of rotatable bonds is 6. The van der Waals surface area contributed by atoms with Crippen molar-refractivity contribution in [2.24, 2.45) is 0 Å². The van der Waals surface area contributed by atoms with Crippen molar-refractivity contribution in [1.29, 1.82) is 0 Å². The number of aromatic nitrogens is 2. The van der Waals surface area contributed by atoms with Gasteiger partial charge in [-0.1, -0.05) is 41.9 Å². The largest absolute Gasteiger partial charge is 0.480 e. The third kappa shape index (κ3) is 4.14. The molecule has 110 valence electrons. The summed E-state index contributed by atoms with van der Waals surface area (Å²) in [6.45, 7) is 0.164. The van der Waals surface area contributed by atoms with E-state index in [4.69, 9.17) is 32.7 Å². The van der Waals surface area contributed by atoms with E-state index in [0.29, 0.717) is 6.61 Å². The van der Waals surface area contributed by atoms with Crippen molar-refractivity contribution >= 4 is 29.0 Å². The average Bonchev–Trinajstić information content (AvgIpc) is 2.47. The van der Waals surface area contributed by atoms with Crippen molar-refractivity contribution in [3.63, 3.8) is 0 Å². The van der Waals surface area contributed by atoms with E-state index in [-0.39, 0.29) is 34.3 Å². The first-order valence-corrected chi connectivity index (χ1v) is 6.79. The lowest BCUT2D eigenvalue weighted by Crippen LogP contribution is -2.13. The normalized spacial score (nSPS) is 10.4. The van der Waals surface area contributed by atoms with Crippen LogP contribution in [0.4, 0.5) is 0 Å². The predicted octanol–water partition coefficient (Wildman–Crippen LogP) is 3.19. The maximum atomic E-state index is 12.1. The van der Waals surface area contributed by atoms with E-state index in [2.05, 4.69) is 9.97 Å². The van der Waals surface area contributed by atoms with Gasteiger partial charge >= 0.3 is 0 Å². The minimum atomic E-state index is -0.371. The molecule has 7 heteroatoms. The predicted molar refractivity (Wildman–Crippen MR) is 79.0 cm³/mol. The topological polar surface area (TPSA) is 61.3 Å². The zero-order valence-electron chi connectivity index (χ0n) is 11.2. The molecule has 0 aliphatic carbocycles. The highest BCUT2D eigenvalue weighted by Crippen LogP contribution is 2.25. The molecule has 0 aliphatic heterocycles. The van der Waals surface area contributed by atoms with Gasteiger partial charge in [-0.15, -0.1) is 0 Å². The summed E-state index contributed by atoms with van der Waals surface area (Å²) in [7, 11) is 1.37. The van der Waals surface area contributed by atoms with Crippen LogP contribution < -0.4 is 4.74 Å². The monoisotopic (exact) mass is 326 g/mol. The Kier molecular flexibility index (Phi) is 5.50. The molecule has 0 radical (unpaired) electrons. The first-order chi connectivity index (χ1) is 10.1. The molecule has 0 aliphatic rings. The quantitative estimate of drug-likeness (QED) is 0.463. The fourth-order valence-electron chi connectivity index (χ4n) is 1.68. The second-order valence-corrected chi connectivity index (χ2v) is 4.77. The molecule has 0 unspecified atom stereocenters. The lowest BCUT2D eigenvalue weighted by atomic mass is 10.2. The van der Waals surface area contributed by atoms with Gasteiger partial charge in [-0.2, -0.15) is 4.98 Å². The Morgan fingerprint density at radius 3 is 2.57 bits per heavy atom. The fourth-order valence-corrected chi connectivity index (χ4v) is 2.15. The second-order valence-electron chi connectivity index (χ2n) is 4.07. The molecule has 2 rings (SSSR count). The summed E-state index contributed by atoms with van der Waals surface area (Å²) < 4.78 is 10.4. The molecule has 0 fully saturated rings. The maximum Gasteiger partial charge on any atom is 0.230 e. The number of ketones is 1. The molecule has 5 nitrogen and oxygen atoms in total. The van der Waals surface area contributed by atoms with Gasteiger partial charge in [0.05, 0.1) is 13.7 Å². The Bertz CT molecular complexity index is 636. The van der Waals surface area contributed by atoms with Gasteiger partial charge in [0.25, 0.3) is 0 Å². The van der Waals surface area contributed by atoms with Gasteiger partial charge in [0.1, 0.15) is 17.3 Å². The number of methoxy groups -OCH3 is 1. The Morgan fingerprint density at radius 2 is 1.90 bits per heavy atom. The number of benzene rings is 1. The van der Waals surface area contributed by atoms with Crippen molar-refractivity contribution in [3.05, 3.63) is 51.9 Å². The van der Waals surface area contributed by atoms with Crippen molar-refractivity contribution < 1.29 is 14.3 Å². The van der Waals surface area contributed by atoms with Crippen molar-refractivity contribution in [2.75, 3.05) is 13.7 Å². The summed E-state index contributed by atoms with van der Waals surface area (Å²) in [4.78, 5) is 19.7. The highest BCUT2D eigenvalue weighted by molar-refractivity contribution is 6.34. The second kappa shape index (κ2) is 7.36. The molecule has 0 saturated carbocycles. The summed E-state index contributed by atoms with van der Waals surface area (Å²) >= 11 is 11.6. The molecule has 0 bridgehead atoms. The Labute approximate surface area is 131 Å². The number of Topliss-reactive ketones (excluding diaryl/α,β-unsaturated/α-hetero) is 1. The highest BCUT2D eigenvalue weighted by Gasteiger charge is 2.20. The summed E-state index contributed by atoms with van der Waals surface area (Å²) in [5.41, 5.74) is 1.03.